The van der Waals surface area contributed by atoms with Crippen molar-refractivity contribution < 1.29 is 14.3 Å². The molecule has 5 nitrogen and oxygen atoms in total. The molecule has 0 bridgehead atoms. The number of nitrogens with one attached hydrogen (secondary N) is 1. The van der Waals surface area contributed by atoms with Crippen molar-refractivity contribution in [2.24, 2.45) is 0 Å². The zero-order valence-electron chi connectivity index (χ0n) is 13.3. The number of carbonyl (C=O) groups is 2. The number of nitrogens with two attached hydrogens (primary N) is 1. The molecule has 120 valence electrons. The number of carbonyl (C=O) groups excluding carboxylic acids is 2. The molecule has 3 N–H and O–H groups in total. The number of rotatable bonds is 5. The Balaban J connectivity index is 1.83. The lowest BCUT2D eigenvalue weighted by atomic mass is 10.1. The van der Waals surface area contributed by atoms with Gasteiger partial charge in [-0.1, -0.05) is 42.0 Å². The molecule has 0 saturated carbocycles. The van der Waals surface area contributed by atoms with Crippen LogP contribution in [0.2, 0.25) is 0 Å². The van der Waals surface area contributed by atoms with Gasteiger partial charge in [-0.3, -0.25) is 4.79 Å². The van der Waals surface area contributed by atoms with Crippen LogP contribution in [0.5, 0.6) is 0 Å². The summed E-state index contributed by atoms with van der Waals surface area (Å²) < 4.78 is 5.00. The minimum atomic E-state index is -0.600. The van der Waals surface area contributed by atoms with Gasteiger partial charge in [-0.2, -0.15) is 0 Å². The second-order valence-corrected chi connectivity index (χ2v) is 5.37. The average Bonchev–Trinajstić information content (AvgIpc) is 2.54. The van der Waals surface area contributed by atoms with E-state index < -0.39 is 5.97 Å². The van der Waals surface area contributed by atoms with Crippen molar-refractivity contribution in [3.05, 3.63) is 64.7 Å². The lowest BCUT2D eigenvalue weighted by molar-refractivity contribution is -0.124. The molecule has 2 aromatic rings. The third-order valence-electron chi connectivity index (χ3n) is 3.49. The number of esters is 1. The summed E-state index contributed by atoms with van der Waals surface area (Å²) in [7, 11) is 0. The number of anilines is 1. The van der Waals surface area contributed by atoms with Crippen LogP contribution in [0.15, 0.2) is 42.5 Å². The highest BCUT2D eigenvalue weighted by Crippen LogP contribution is 2.17. The van der Waals surface area contributed by atoms with Gasteiger partial charge in [0.1, 0.15) is 0 Å². The lowest BCUT2D eigenvalue weighted by Gasteiger charge is -2.09. The second-order valence-electron chi connectivity index (χ2n) is 5.37. The summed E-state index contributed by atoms with van der Waals surface area (Å²) in [5, 5.41) is 2.70. The predicted molar refractivity (Wildman–Crippen MR) is 88.9 cm³/mol. The zero-order chi connectivity index (χ0) is 16.8. The molecule has 5 heteroatoms. The minimum Gasteiger partial charge on any atom is -0.452 e. The van der Waals surface area contributed by atoms with E-state index in [0.717, 1.165) is 16.7 Å². The first kappa shape index (κ1) is 16.5. The molecular weight excluding hydrogens is 292 g/mol. The molecule has 2 rings (SSSR count). The fourth-order valence-corrected chi connectivity index (χ4v) is 2.03. The number of benzene rings is 2. The van der Waals surface area contributed by atoms with Gasteiger partial charge in [0.05, 0.1) is 5.56 Å². The molecular formula is C18H20N2O3. The van der Waals surface area contributed by atoms with Crippen LogP contribution in [0, 0.1) is 13.8 Å². The minimum absolute atomic E-state index is 0.274. The quantitative estimate of drug-likeness (QED) is 0.656. The summed E-state index contributed by atoms with van der Waals surface area (Å²) in [4.78, 5) is 23.7. The lowest BCUT2D eigenvalue weighted by Crippen LogP contribution is -2.28. The number of amides is 1. The summed E-state index contributed by atoms with van der Waals surface area (Å²) in [6, 6.07) is 12.9. The molecule has 0 saturated heterocycles. The van der Waals surface area contributed by atoms with Crippen LogP contribution < -0.4 is 11.1 Å². The number of para-hydroxylation sites is 1. The summed E-state index contributed by atoms with van der Waals surface area (Å²) in [5.41, 5.74) is 9.42. The van der Waals surface area contributed by atoms with Crippen LogP contribution in [0.1, 0.15) is 27.0 Å². The highest BCUT2D eigenvalue weighted by Gasteiger charge is 2.14. The van der Waals surface area contributed by atoms with Gasteiger partial charge in [0, 0.05) is 12.2 Å². The number of nitrogen functional groups attached to an aromatic ring is 1. The number of hydrogen-bond acceptors (Lipinski definition) is 4. The normalized spacial score (nSPS) is 10.2. The molecule has 0 spiro atoms. The van der Waals surface area contributed by atoms with E-state index >= 15 is 0 Å². The molecule has 0 unspecified atom stereocenters. The van der Waals surface area contributed by atoms with Crippen molar-refractivity contribution in [3.63, 3.8) is 0 Å². The Morgan fingerprint density at radius 3 is 2.48 bits per heavy atom. The maximum atomic E-state index is 12.0. The Morgan fingerprint density at radius 2 is 1.78 bits per heavy atom. The van der Waals surface area contributed by atoms with Crippen molar-refractivity contribution in [1.29, 1.82) is 0 Å². The Morgan fingerprint density at radius 1 is 1.09 bits per heavy atom. The monoisotopic (exact) mass is 312 g/mol. The number of hydrogen-bond donors (Lipinski definition) is 2. The SMILES string of the molecule is Cc1ccc(CNC(=O)COC(=O)c2cccc(C)c2N)cc1. The maximum Gasteiger partial charge on any atom is 0.340 e. The smallest absolute Gasteiger partial charge is 0.340 e. The van der Waals surface area contributed by atoms with E-state index in [4.69, 9.17) is 10.5 Å². The van der Waals surface area contributed by atoms with Crippen LogP contribution in [0.3, 0.4) is 0 Å². The van der Waals surface area contributed by atoms with Gasteiger partial charge in [0.2, 0.25) is 0 Å². The van der Waals surface area contributed by atoms with E-state index in [1.807, 2.05) is 31.2 Å². The molecule has 0 aliphatic carbocycles. The molecule has 0 aromatic heterocycles. The van der Waals surface area contributed by atoms with E-state index in [1.165, 1.54) is 0 Å². The summed E-state index contributed by atoms with van der Waals surface area (Å²) in [6.45, 7) is 3.86. The molecule has 1 amide bonds. The molecule has 0 aliphatic rings. The van der Waals surface area contributed by atoms with Crippen molar-refractivity contribution in [1.82, 2.24) is 5.32 Å². The Hall–Kier alpha value is -2.82. The topological polar surface area (TPSA) is 81.4 Å². The fourth-order valence-electron chi connectivity index (χ4n) is 2.03. The van der Waals surface area contributed by atoms with Gasteiger partial charge >= 0.3 is 5.97 Å². The summed E-state index contributed by atoms with van der Waals surface area (Å²) in [6.07, 6.45) is 0. The van der Waals surface area contributed by atoms with Gasteiger partial charge in [0.15, 0.2) is 6.61 Å². The van der Waals surface area contributed by atoms with Crippen molar-refractivity contribution in [2.45, 2.75) is 20.4 Å². The molecule has 23 heavy (non-hydrogen) atoms. The first-order valence-electron chi connectivity index (χ1n) is 7.32. The average molecular weight is 312 g/mol. The molecule has 0 heterocycles. The highest BCUT2D eigenvalue weighted by molar-refractivity contribution is 5.96. The van der Waals surface area contributed by atoms with Crippen molar-refractivity contribution in [2.75, 3.05) is 12.3 Å². The summed E-state index contributed by atoms with van der Waals surface area (Å²) in [5.74, 6) is -0.957. The first-order valence-corrected chi connectivity index (χ1v) is 7.32. The van der Waals surface area contributed by atoms with Crippen LogP contribution in [-0.4, -0.2) is 18.5 Å². The van der Waals surface area contributed by atoms with Gasteiger partial charge in [-0.15, -0.1) is 0 Å². The van der Waals surface area contributed by atoms with Gasteiger partial charge < -0.3 is 15.8 Å². The van der Waals surface area contributed by atoms with Crippen LogP contribution in [0.25, 0.3) is 0 Å². The van der Waals surface area contributed by atoms with Crippen LogP contribution >= 0.6 is 0 Å². The first-order chi connectivity index (χ1) is 11.0. The maximum absolute atomic E-state index is 12.0. The van der Waals surface area contributed by atoms with Gasteiger partial charge in [0.25, 0.3) is 5.91 Å². The van der Waals surface area contributed by atoms with Crippen molar-refractivity contribution >= 4 is 17.6 Å². The standard InChI is InChI=1S/C18H20N2O3/c1-12-6-8-14(9-7-12)10-20-16(21)11-23-18(22)15-5-3-4-13(2)17(15)19/h3-9H,10-11,19H2,1-2H3,(H,20,21). The van der Waals surface area contributed by atoms with E-state index in [0.29, 0.717) is 12.2 Å². The van der Waals surface area contributed by atoms with Crippen LogP contribution in [-0.2, 0) is 16.1 Å². The Bertz CT molecular complexity index is 709. The number of ether oxygens (including phenoxy) is 1. The van der Waals surface area contributed by atoms with Gasteiger partial charge in [-0.05, 0) is 31.0 Å². The summed E-state index contributed by atoms with van der Waals surface area (Å²) >= 11 is 0. The molecule has 0 aliphatic heterocycles. The van der Waals surface area contributed by atoms with E-state index in [9.17, 15) is 9.59 Å². The third-order valence-corrected chi connectivity index (χ3v) is 3.49. The molecule has 0 fully saturated rings. The Kier molecular flexibility index (Phi) is 5.36. The zero-order valence-corrected chi connectivity index (χ0v) is 13.3. The molecule has 2 aromatic carbocycles. The van der Waals surface area contributed by atoms with Crippen LogP contribution in [0.4, 0.5) is 5.69 Å². The van der Waals surface area contributed by atoms with E-state index in [-0.39, 0.29) is 18.1 Å². The van der Waals surface area contributed by atoms with E-state index in [1.54, 1.807) is 25.1 Å². The highest BCUT2D eigenvalue weighted by atomic mass is 16.5. The predicted octanol–water partition coefficient (Wildman–Crippen LogP) is 2.36. The van der Waals surface area contributed by atoms with Crippen molar-refractivity contribution in [3.8, 4) is 0 Å². The third kappa shape index (κ3) is 4.57. The molecule has 0 radical (unpaired) electrons. The Labute approximate surface area is 135 Å². The van der Waals surface area contributed by atoms with Gasteiger partial charge in [-0.25, -0.2) is 4.79 Å². The number of aryl methyl sites for hydroxylation is 2. The van der Waals surface area contributed by atoms with E-state index in [2.05, 4.69) is 5.32 Å². The fraction of sp³-hybridized carbons (Fsp3) is 0.222. The molecule has 0 atom stereocenters. The largest absolute Gasteiger partial charge is 0.452 e. The second kappa shape index (κ2) is 7.45.